The molecule has 2 rings (SSSR count). The highest BCUT2D eigenvalue weighted by atomic mass is 32.2. The lowest BCUT2D eigenvalue weighted by molar-refractivity contribution is 0.440. The summed E-state index contributed by atoms with van der Waals surface area (Å²) in [6.07, 6.45) is 0. The molecule has 1 aliphatic rings. The number of hydrogen-bond acceptors (Lipinski definition) is 3. The van der Waals surface area contributed by atoms with Crippen molar-refractivity contribution in [3.05, 3.63) is 10.5 Å². The van der Waals surface area contributed by atoms with Crippen molar-refractivity contribution in [1.29, 1.82) is 0 Å². The molecule has 1 aliphatic heterocycles. The SMILES string of the molecule is O=c1[nH]c(O)c2n1CCS2. The molecule has 0 fully saturated rings. The standard InChI is InChI=1S/C5H6N2O2S/c8-3-4-7(1-2-10-4)5(9)6-3/h8H,1-2H2,(H,6,9). The molecule has 2 heterocycles. The molecule has 1 aromatic heterocycles. The summed E-state index contributed by atoms with van der Waals surface area (Å²) in [5.41, 5.74) is -0.211. The second kappa shape index (κ2) is 1.82. The van der Waals surface area contributed by atoms with Gasteiger partial charge in [-0.15, -0.1) is 11.8 Å². The van der Waals surface area contributed by atoms with Crippen molar-refractivity contribution in [3.63, 3.8) is 0 Å². The summed E-state index contributed by atoms with van der Waals surface area (Å²) in [6, 6.07) is 0. The van der Waals surface area contributed by atoms with Gasteiger partial charge in [-0.2, -0.15) is 0 Å². The third-order valence-electron chi connectivity index (χ3n) is 1.47. The Morgan fingerprint density at radius 1 is 1.70 bits per heavy atom. The van der Waals surface area contributed by atoms with Gasteiger partial charge in [0.05, 0.1) is 0 Å². The second-order valence-electron chi connectivity index (χ2n) is 2.08. The van der Waals surface area contributed by atoms with Gasteiger partial charge in [-0.1, -0.05) is 0 Å². The van der Waals surface area contributed by atoms with E-state index in [4.69, 9.17) is 5.11 Å². The molecular weight excluding hydrogens is 152 g/mol. The molecule has 5 heteroatoms. The van der Waals surface area contributed by atoms with Crippen molar-refractivity contribution in [2.24, 2.45) is 0 Å². The van der Waals surface area contributed by atoms with Crippen molar-refractivity contribution < 1.29 is 5.11 Å². The van der Waals surface area contributed by atoms with Crippen molar-refractivity contribution in [2.75, 3.05) is 5.75 Å². The number of thioether (sulfide) groups is 1. The predicted octanol–water partition coefficient (Wildman–Crippen LogP) is -0.0123. The van der Waals surface area contributed by atoms with Crippen LogP contribution in [0.3, 0.4) is 0 Å². The molecule has 10 heavy (non-hydrogen) atoms. The van der Waals surface area contributed by atoms with E-state index in [1.54, 1.807) is 4.57 Å². The lowest BCUT2D eigenvalue weighted by atomic mass is 10.7. The van der Waals surface area contributed by atoms with Gasteiger partial charge >= 0.3 is 5.69 Å². The van der Waals surface area contributed by atoms with Gasteiger partial charge < -0.3 is 5.11 Å². The summed E-state index contributed by atoms with van der Waals surface area (Å²) in [4.78, 5) is 13.2. The van der Waals surface area contributed by atoms with Crippen LogP contribution in [-0.4, -0.2) is 20.4 Å². The maximum Gasteiger partial charge on any atom is 0.329 e. The lowest BCUT2D eigenvalue weighted by Gasteiger charge is -1.87. The summed E-state index contributed by atoms with van der Waals surface area (Å²) < 4.78 is 1.54. The fourth-order valence-corrected chi connectivity index (χ4v) is 2.01. The minimum absolute atomic E-state index is 0.00694. The van der Waals surface area contributed by atoms with E-state index in [9.17, 15) is 4.79 Å². The van der Waals surface area contributed by atoms with Gasteiger partial charge in [0.1, 0.15) is 5.03 Å². The van der Waals surface area contributed by atoms with Crippen LogP contribution in [0.1, 0.15) is 0 Å². The maximum atomic E-state index is 10.9. The van der Waals surface area contributed by atoms with Gasteiger partial charge in [0.25, 0.3) is 0 Å². The monoisotopic (exact) mass is 158 g/mol. The molecule has 0 amide bonds. The first-order chi connectivity index (χ1) is 4.79. The fourth-order valence-electron chi connectivity index (χ4n) is 1.03. The highest BCUT2D eigenvalue weighted by Crippen LogP contribution is 2.29. The van der Waals surface area contributed by atoms with Crippen LogP contribution < -0.4 is 5.69 Å². The molecule has 0 aromatic carbocycles. The van der Waals surface area contributed by atoms with Crippen LogP contribution >= 0.6 is 11.8 Å². The van der Waals surface area contributed by atoms with E-state index in [1.807, 2.05) is 0 Å². The molecule has 0 unspecified atom stereocenters. The molecule has 4 nitrogen and oxygen atoms in total. The number of imidazole rings is 1. The highest BCUT2D eigenvalue weighted by molar-refractivity contribution is 7.99. The Hall–Kier alpha value is -0.840. The predicted molar refractivity (Wildman–Crippen MR) is 37.4 cm³/mol. The number of aromatic hydroxyl groups is 1. The second-order valence-corrected chi connectivity index (χ2v) is 3.17. The van der Waals surface area contributed by atoms with Gasteiger partial charge in [0, 0.05) is 12.3 Å². The average molecular weight is 158 g/mol. The first-order valence-corrected chi connectivity index (χ1v) is 3.92. The minimum Gasteiger partial charge on any atom is -0.493 e. The first-order valence-electron chi connectivity index (χ1n) is 2.93. The molecule has 1 aromatic rings. The zero-order valence-electron chi connectivity index (χ0n) is 5.13. The zero-order chi connectivity index (χ0) is 7.14. The van der Waals surface area contributed by atoms with Crippen LogP contribution in [0.5, 0.6) is 5.88 Å². The van der Waals surface area contributed by atoms with E-state index < -0.39 is 0 Å². The third-order valence-corrected chi connectivity index (χ3v) is 2.55. The van der Waals surface area contributed by atoms with E-state index >= 15 is 0 Å². The topological polar surface area (TPSA) is 58.0 Å². The van der Waals surface area contributed by atoms with Gasteiger partial charge in [0.15, 0.2) is 0 Å². The molecule has 0 saturated carbocycles. The van der Waals surface area contributed by atoms with Crippen LogP contribution in [-0.2, 0) is 6.54 Å². The summed E-state index contributed by atoms with van der Waals surface area (Å²) in [5.74, 6) is 0.889. The minimum atomic E-state index is -0.211. The summed E-state index contributed by atoms with van der Waals surface area (Å²) >= 11 is 1.50. The number of fused-ring (bicyclic) bond motifs is 1. The zero-order valence-corrected chi connectivity index (χ0v) is 5.94. The lowest BCUT2D eigenvalue weighted by Crippen LogP contribution is -2.14. The van der Waals surface area contributed by atoms with Crippen molar-refractivity contribution >= 4 is 11.8 Å². The molecule has 0 aliphatic carbocycles. The van der Waals surface area contributed by atoms with Crippen LogP contribution in [0.2, 0.25) is 0 Å². The number of aromatic amines is 1. The van der Waals surface area contributed by atoms with Gasteiger partial charge in [0.2, 0.25) is 5.88 Å². The summed E-state index contributed by atoms with van der Waals surface area (Å²) in [5, 5.41) is 9.73. The Morgan fingerprint density at radius 2 is 2.50 bits per heavy atom. The molecule has 0 saturated heterocycles. The Labute approximate surface area is 60.9 Å². The number of nitrogens with one attached hydrogen (secondary N) is 1. The Morgan fingerprint density at radius 3 is 3.20 bits per heavy atom. The van der Waals surface area contributed by atoms with Crippen molar-refractivity contribution in [1.82, 2.24) is 9.55 Å². The van der Waals surface area contributed by atoms with Crippen LogP contribution in [0.25, 0.3) is 0 Å². The first kappa shape index (κ1) is 5.91. The fraction of sp³-hybridized carbons (Fsp3) is 0.400. The molecular formula is C5H6N2O2S. The van der Waals surface area contributed by atoms with Crippen LogP contribution in [0.4, 0.5) is 0 Å². The Balaban J connectivity index is 2.73. The van der Waals surface area contributed by atoms with Gasteiger partial charge in [-0.3, -0.25) is 9.55 Å². The average Bonchev–Trinajstić information content (AvgIpc) is 2.39. The Kier molecular flexibility index (Phi) is 1.08. The van der Waals surface area contributed by atoms with Crippen LogP contribution in [0.15, 0.2) is 9.82 Å². The molecule has 54 valence electrons. The molecule has 2 N–H and O–H groups in total. The molecule has 0 spiro atoms. The Bertz CT molecular complexity index is 314. The summed E-state index contributed by atoms with van der Waals surface area (Å²) in [6.45, 7) is 0.704. The molecule has 0 radical (unpaired) electrons. The quantitative estimate of drug-likeness (QED) is 0.558. The maximum absolute atomic E-state index is 10.9. The van der Waals surface area contributed by atoms with Crippen LogP contribution in [0, 0.1) is 0 Å². The van der Waals surface area contributed by atoms with Gasteiger partial charge in [-0.05, 0) is 0 Å². The number of nitrogens with zero attached hydrogens (tertiary/aromatic N) is 1. The van der Waals surface area contributed by atoms with E-state index in [1.165, 1.54) is 11.8 Å². The van der Waals surface area contributed by atoms with E-state index in [0.717, 1.165) is 5.75 Å². The number of aromatic nitrogens is 2. The van der Waals surface area contributed by atoms with Crippen molar-refractivity contribution in [3.8, 4) is 5.88 Å². The third kappa shape index (κ3) is 0.607. The molecule has 0 atom stereocenters. The highest BCUT2D eigenvalue weighted by Gasteiger charge is 2.18. The van der Waals surface area contributed by atoms with Gasteiger partial charge in [-0.25, -0.2) is 4.79 Å². The van der Waals surface area contributed by atoms with E-state index in [-0.39, 0.29) is 11.6 Å². The number of H-pyrrole nitrogens is 1. The van der Waals surface area contributed by atoms with E-state index in [2.05, 4.69) is 4.98 Å². The van der Waals surface area contributed by atoms with E-state index in [0.29, 0.717) is 11.6 Å². The number of hydrogen-bond donors (Lipinski definition) is 2. The summed E-state index contributed by atoms with van der Waals surface area (Å²) in [7, 11) is 0. The smallest absolute Gasteiger partial charge is 0.329 e. The number of rotatable bonds is 0. The largest absolute Gasteiger partial charge is 0.493 e. The normalized spacial score (nSPS) is 15.6. The van der Waals surface area contributed by atoms with Crippen molar-refractivity contribution in [2.45, 2.75) is 11.6 Å². The molecule has 0 bridgehead atoms.